The Balaban J connectivity index is 2.79. The van der Waals surface area contributed by atoms with Crippen LogP contribution in [0.2, 0.25) is 0 Å². The van der Waals surface area contributed by atoms with E-state index < -0.39 is 5.60 Å². The Hall–Kier alpha value is -1.66. The zero-order valence-corrected chi connectivity index (χ0v) is 13.5. The molecule has 3 heteroatoms. The van der Waals surface area contributed by atoms with Crippen molar-refractivity contribution in [1.82, 2.24) is 0 Å². The van der Waals surface area contributed by atoms with Gasteiger partial charge in [-0.1, -0.05) is 38.0 Å². The van der Waals surface area contributed by atoms with Gasteiger partial charge in [-0.2, -0.15) is 0 Å². The van der Waals surface area contributed by atoms with Crippen LogP contribution in [-0.2, 0) is 0 Å². The van der Waals surface area contributed by atoms with Gasteiger partial charge in [0, 0.05) is 0 Å². The molecule has 0 aliphatic rings. The molecule has 0 fully saturated rings. The van der Waals surface area contributed by atoms with Crippen molar-refractivity contribution in [2.75, 3.05) is 14.2 Å². The fourth-order valence-electron chi connectivity index (χ4n) is 2.07. The SMILES string of the molecule is CCCCCCC(C)(O)C#Cc1cc(OC)ccc1OC. The molecule has 3 nitrogen and oxygen atoms in total. The van der Waals surface area contributed by atoms with E-state index in [1.807, 2.05) is 18.2 Å². The van der Waals surface area contributed by atoms with Crippen molar-refractivity contribution in [1.29, 1.82) is 0 Å². The van der Waals surface area contributed by atoms with Crippen molar-refractivity contribution >= 4 is 0 Å². The molecular weight excluding hydrogens is 264 g/mol. The fourth-order valence-corrected chi connectivity index (χ4v) is 2.07. The number of methoxy groups -OCH3 is 2. The van der Waals surface area contributed by atoms with E-state index in [1.165, 1.54) is 12.8 Å². The quantitative estimate of drug-likeness (QED) is 0.613. The highest BCUT2D eigenvalue weighted by Crippen LogP contribution is 2.23. The van der Waals surface area contributed by atoms with Crippen LogP contribution < -0.4 is 9.47 Å². The monoisotopic (exact) mass is 290 g/mol. The standard InChI is InChI=1S/C18H26O3/c1-5-6-7-8-12-18(2,19)13-11-15-14-16(20-3)9-10-17(15)21-4/h9-10,14,19H,5-8,12H2,1-4H3. The lowest BCUT2D eigenvalue weighted by Crippen LogP contribution is -2.21. The number of benzene rings is 1. The van der Waals surface area contributed by atoms with Gasteiger partial charge in [-0.25, -0.2) is 0 Å². The fraction of sp³-hybridized carbons (Fsp3) is 0.556. The minimum Gasteiger partial charge on any atom is -0.497 e. The Morgan fingerprint density at radius 3 is 2.52 bits per heavy atom. The number of aliphatic hydroxyl groups is 1. The zero-order chi connectivity index (χ0) is 15.7. The molecule has 0 saturated carbocycles. The van der Waals surface area contributed by atoms with Crippen molar-refractivity contribution in [2.45, 2.75) is 51.6 Å². The Morgan fingerprint density at radius 2 is 1.90 bits per heavy atom. The molecule has 21 heavy (non-hydrogen) atoms. The first-order valence-electron chi connectivity index (χ1n) is 7.50. The summed E-state index contributed by atoms with van der Waals surface area (Å²) < 4.78 is 10.5. The molecule has 0 spiro atoms. The second-order valence-corrected chi connectivity index (χ2v) is 5.40. The van der Waals surface area contributed by atoms with Gasteiger partial charge < -0.3 is 14.6 Å². The molecule has 0 aliphatic heterocycles. The van der Waals surface area contributed by atoms with Crippen LogP contribution in [0.25, 0.3) is 0 Å². The van der Waals surface area contributed by atoms with Crippen molar-refractivity contribution in [2.24, 2.45) is 0 Å². The molecule has 1 rings (SSSR count). The molecule has 0 radical (unpaired) electrons. The molecule has 116 valence electrons. The van der Waals surface area contributed by atoms with Crippen molar-refractivity contribution in [3.05, 3.63) is 23.8 Å². The van der Waals surface area contributed by atoms with Gasteiger partial charge in [-0.3, -0.25) is 0 Å². The van der Waals surface area contributed by atoms with Crippen LogP contribution in [0.4, 0.5) is 0 Å². The molecule has 1 aromatic rings. The van der Waals surface area contributed by atoms with Crippen molar-refractivity contribution in [3.63, 3.8) is 0 Å². The number of ether oxygens (including phenoxy) is 2. The topological polar surface area (TPSA) is 38.7 Å². The Labute approximate surface area is 128 Å². The lowest BCUT2D eigenvalue weighted by Gasteiger charge is -2.16. The molecule has 1 N–H and O–H groups in total. The van der Waals surface area contributed by atoms with Crippen molar-refractivity contribution < 1.29 is 14.6 Å². The van der Waals surface area contributed by atoms with E-state index in [2.05, 4.69) is 18.8 Å². The molecular formula is C18H26O3. The summed E-state index contributed by atoms with van der Waals surface area (Å²) in [5.74, 6) is 7.37. The second-order valence-electron chi connectivity index (χ2n) is 5.40. The van der Waals surface area contributed by atoms with Gasteiger partial charge in [0.05, 0.1) is 19.8 Å². The Bertz CT molecular complexity index is 495. The van der Waals surface area contributed by atoms with E-state index in [0.717, 1.165) is 24.2 Å². The van der Waals surface area contributed by atoms with Gasteiger partial charge in [0.2, 0.25) is 0 Å². The minimum atomic E-state index is -0.970. The predicted octanol–water partition coefficient (Wildman–Crippen LogP) is 3.78. The van der Waals surface area contributed by atoms with Crippen molar-refractivity contribution in [3.8, 4) is 23.3 Å². The van der Waals surface area contributed by atoms with E-state index in [1.54, 1.807) is 21.1 Å². The molecule has 0 saturated heterocycles. The van der Waals surface area contributed by atoms with Gasteiger partial charge in [0.1, 0.15) is 17.1 Å². The van der Waals surface area contributed by atoms with E-state index in [4.69, 9.17) is 9.47 Å². The van der Waals surface area contributed by atoms with Crippen LogP contribution in [0.1, 0.15) is 51.5 Å². The first-order valence-corrected chi connectivity index (χ1v) is 7.50. The third kappa shape index (κ3) is 6.10. The first-order chi connectivity index (χ1) is 10.0. The maximum atomic E-state index is 10.3. The summed E-state index contributed by atoms with van der Waals surface area (Å²) in [6.07, 6.45) is 5.20. The summed E-state index contributed by atoms with van der Waals surface area (Å²) in [5, 5.41) is 10.3. The van der Waals surface area contributed by atoms with Gasteiger partial charge in [0.15, 0.2) is 0 Å². The normalized spacial score (nSPS) is 13.0. The average molecular weight is 290 g/mol. The number of hydrogen-bond acceptors (Lipinski definition) is 3. The summed E-state index contributed by atoms with van der Waals surface area (Å²) in [5.41, 5.74) is -0.243. The molecule has 0 heterocycles. The van der Waals surface area contributed by atoms with Crippen LogP contribution in [0.5, 0.6) is 11.5 Å². The smallest absolute Gasteiger partial charge is 0.134 e. The maximum absolute atomic E-state index is 10.3. The van der Waals surface area contributed by atoms with Crippen LogP contribution in [0, 0.1) is 11.8 Å². The Morgan fingerprint density at radius 1 is 1.14 bits per heavy atom. The number of unbranched alkanes of at least 4 members (excludes halogenated alkanes) is 3. The third-order valence-corrected chi connectivity index (χ3v) is 3.39. The van der Waals surface area contributed by atoms with Crippen LogP contribution in [-0.4, -0.2) is 24.9 Å². The van der Waals surface area contributed by atoms with Gasteiger partial charge >= 0.3 is 0 Å². The van der Waals surface area contributed by atoms with E-state index in [0.29, 0.717) is 12.2 Å². The number of hydrogen-bond donors (Lipinski definition) is 1. The van der Waals surface area contributed by atoms with Crippen LogP contribution in [0.15, 0.2) is 18.2 Å². The minimum absolute atomic E-state index is 0.685. The molecule has 1 unspecified atom stereocenters. The maximum Gasteiger partial charge on any atom is 0.134 e. The van der Waals surface area contributed by atoms with Crippen LogP contribution >= 0.6 is 0 Å². The second kappa shape index (κ2) is 8.59. The van der Waals surface area contributed by atoms with Gasteiger partial charge in [-0.15, -0.1) is 0 Å². The zero-order valence-electron chi connectivity index (χ0n) is 13.5. The predicted molar refractivity (Wildman–Crippen MR) is 85.8 cm³/mol. The number of rotatable bonds is 7. The lowest BCUT2D eigenvalue weighted by atomic mass is 9.98. The largest absolute Gasteiger partial charge is 0.497 e. The summed E-state index contributed by atoms with van der Waals surface area (Å²) >= 11 is 0. The van der Waals surface area contributed by atoms with Gasteiger partial charge in [0.25, 0.3) is 0 Å². The highest BCUT2D eigenvalue weighted by Gasteiger charge is 2.16. The Kier molecular flexibility index (Phi) is 7.11. The summed E-state index contributed by atoms with van der Waals surface area (Å²) in [6.45, 7) is 3.94. The van der Waals surface area contributed by atoms with E-state index >= 15 is 0 Å². The van der Waals surface area contributed by atoms with Gasteiger partial charge in [-0.05, 0) is 38.0 Å². The first kappa shape index (κ1) is 17.4. The van der Waals surface area contributed by atoms with Crippen LogP contribution in [0.3, 0.4) is 0 Å². The highest BCUT2D eigenvalue weighted by atomic mass is 16.5. The van der Waals surface area contributed by atoms with E-state index in [-0.39, 0.29) is 0 Å². The molecule has 1 atom stereocenters. The average Bonchev–Trinajstić information content (AvgIpc) is 2.49. The molecule has 1 aromatic carbocycles. The molecule has 0 bridgehead atoms. The summed E-state index contributed by atoms with van der Waals surface area (Å²) in [4.78, 5) is 0. The van der Waals surface area contributed by atoms with E-state index in [9.17, 15) is 5.11 Å². The highest BCUT2D eigenvalue weighted by molar-refractivity contribution is 5.50. The molecule has 0 amide bonds. The third-order valence-electron chi connectivity index (χ3n) is 3.39. The summed E-state index contributed by atoms with van der Waals surface area (Å²) in [6, 6.07) is 5.46. The molecule has 0 aromatic heterocycles. The summed E-state index contributed by atoms with van der Waals surface area (Å²) in [7, 11) is 3.22. The molecule has 0 aliphatic carbocycles. The lowest BCUT2D eigenvalue weighted by molar-refractivity contribution is 0.109.